The molecule has 0 aliphatic heterocycles. The Hall–Kier alpha value is 0.344. The zero-order valence-electron chi connectivity index (χ0n) is 12.7. The van der Waals surface area contributed by atoms with E-state index in [9.17, 15) is 8.42 Å². The molecule has 0 heterocycles. The first kappa shape index (κ1) is 17.3. The first-order valence-electron chi connectivity index (χ1n) is 6.02. The summed E-state index contributed by atoms with van der Waals surface area (Å²) < 4.78 is 30.1. The summed E-state index contributed by atoms with van der Waals surface area (Å²) in [7, 11) is -7.09. The van der Waals surface area contributed by atoms with Crippen molar-refractivity contribution in [2.24, 2.45) is 0 Å². The minimum atomic E-state index is -3.47. The quantitative estimate of drug-likeness (QED) is 0.591. The molecule has 0 aliphatic rings. The van der Waals surface area contributed by atoms with Crippen LogP contribution in [0.4, 0.5) is 0 Å². The van der Waals surface area contributed by atoms with E-state index >= 15 is 0 Å². The second kappa shape index (κ2) is 4.79. The molecule has 0 fully saturated rings. The average molecular weight is 297 g/mol. The molecular weight excluding hydrogens is 268 g/mol. The van der Waals surface area contributed by atoms with Crippen molar-refractivity contribution in [3.63, 3.8) is 0 Å². The van der Waals surface area contributed by atoms with Crippen LogP contribution >= 0.6 is 0 Å². The molecule has 0 aromatic carbocycles. The summed E-state index contributed by atoms with van der Waals surface area (Å²) in [6.45, 7) is 18.0. The molecule has 0 unspecified atom stereocenters. The Morgan fingerprint density at radius 1 is 0.882 bits per heavy atom. The van der Waals surface area contributed by atoms with E-state index in [-0.39, 0.29) is 4.50 Å². The van der Waals surface area contributed by atoms with Crippen molar-refractivity contribution < 1.29 is 12.6 Å². The van der Waals surface area contributed by atoms with Crippen LogP contribution in [0.25, 0.3) is 0 Å². The monoisotopic (exact) mass is 296 g/mol. The van der Waals surface area contributed by atoms with E-state index in [2.05, 4.69) is 39.3 Å². The van der Waals surface area contributed by atoms with Gasteiger partial charge in [0.15, 0.2) is 0 Å². The third kappa shape index (κ3) is 5.67. The lowest BCUT2D eigenvalue weighted by atomic mass is 10.2. The molecule has 0 bridgehead atoms. The second-order valence-electron chi connectivity index (χ2n) is 7.80. The van der Waals surface area contributed by atoms with Gasteiger partial charge in [-0.05, 0) is 20.8 Å². The Labute approximate surface area is 109 Å². The fourth-order valence-corrected chi connectivity index (χ4v) is 21.0. The summed E-state index contributed by atoms with van der Waals surface area (Å²) in [6, 6.07) is 0. The van der Waals surface area contributed by atoms with Crippen LogP contribution in [0, 0.1) is 0 Å². The zero-order chi connectivity index (χ0) is 14.3. The summed E-state index contributed by atoms with van der Waals surface area (Å²) in [5.74, 6) is 0. The van der Waals surface area contributed by atoms with Crippen molar-refractivity contribution in [1.82, 2.24) is 0 Å². The highest BCUT2D eigenvalue weighted by Crippen LogP contribution is 2.29. The van der Waals surface area contributed by atoms with Gasteiger partial charge in [0.1, 0.15) is 0 Å². The van der Waals surface area contributed by atoms with E-state index in [1.807, 2.05) is 0 Å². The Morgan fingerprint density at radius 2 is 1.18 bits per heavy atom. The average Bonchev–Trinajstić information content (AvgIpc) is 1.66. The van der Waals surface area contributed by atoms with Gasteiger partial charge >= 0.3 is 0 Å². The molecule has 0 N–H and O–H groups in total. The van der Waals surface area contributed by atoms with Crippen molar-refractivity contribution in [2.75, 3.05) is 0 Å². The van der Waals surface area contributed by atoms with Crippen LogP contribution in [-0.2, 0) is 14.3 Å². The lowest BCUT2D eigenvalue weighted by molar-refractivity contribution is 0.140. The Bertz CT molecular complexity index is 342. The fraction of sp³-hybridized carbons (Fsp3) is 1.00. The summed E-state index contributed by atoms with van der Waals surface area (Å²) in [5.41, 5.74) is -0.642. The van der Waals surface area contributed by atoms with E-state index in [0.717, 1.165) is 0 Å². The smallest absolute Gasteiger partial charge is 0.265 e. The standard InChI is InChI=1S/C11H28O3SSi2/c1-11(2,3)14-15(12,13)10(16(4,5)6)17(7,8)9/h10H,1-9H3. The molecular formula is C11H28O3SSi2. The Morgan fingerprint density at radius 3 is 1.35 bits per heavy atom. The van der Waals surface area contributed by atoms with Crippen LogP contribution in [0.3, 0.4) is 0 Å². The van der Waals surface area contributed by atoms with Crippen LogP contribution < -0.4 is 0 Å². The van der Waals surface area contributed by atoms with Gasteiger partial charge in [0.25, 0.3) is 10.1 Å². The van der Waals surface area contributed by atoms with Gasteiger partial charge in [-0.1, -0.05) is 39.3 Å². The molecule has 0 radical (unpaired) electrons. The molecule has 0 saturated carbocycles. The SMILES string of the molecule is CC(C)(C)OS(=O)(=O)C([Si](C)(C)C)[Si](C)(C)C. The van der Waals surface area contributed by atoms with Gasteiger partial charge in [-0.25, -0.2) is 0 Å². The maximum absolute atomic E-state index is 12.5. The molecule has 104 valence electrons. The van der Waals surface area contributed by atoms with E-state index in [1.165, 1.54) is 0 Å². The van der Waals surface area contributed by atoms with Gasteiger partial charge in [-0.3, -0.25) is 4.18 Å². The first-order valence-corrected chi connectivity index (χ1v) is 14.6. The lowest BCUT2D eigenvalue weighted by Gasteiger charge is -2.38. The van der Waals surface area contributed by atoms with Gasteiger partial charge in [0, 0.05) is 0 Å². The molecule has 0 aromatic rings. The largest absolute Gasteiger partial charge is 0.265 e. The topological polar surface area (TPSA) is 43.4 Å². The predicted octanol–water partition coefficient (Wildman–Crippen LogP) is 3.25. The molecule has 0 aromatic heterocycles. The predicted molar refractivity (Wildman–Crippen MR) is 80.2 cm³/mol. The molecule has 0 spiro atoms. The molecule has 17 heavy (non-hydrogen) atoms. The number of hydrogen-bond donors (Lipinski definition) is 0. The number of hydrogen-bond acceptors (Lipinski definition) is 3. The Kier molecular flexibility index (Phi) is 4.89. The van der Waals surface area contributed by atoms with Crippen LogP contribution in [0.2, 0.25) is 39.3 Å². The van der Waals surface area contributed by atoms with Gasteiger partial charge < -0.3 is 0 Å². The van der Waals surface area contributed by atoms with E-state index in [1.54, 1.807) is 20.8 Å². The van der Waals surface area contributed by atoms with E-state index in [0.29, 0.717) is 0 Å². The van der Waals surface area contributed by atoms with Crippen LogP contribution in [0.5, 0.6) is 0 Å². The minimum absolute atomic E-state index is 0.262. The van der Waals surface area contributed by atoms with Crippen LogP contribution in [-0.4, -0.2) is 34.7 Å². The van der Waals surface area contributed by atoms with Gasteiger partial charge in [-0.15, -0.1) is 0 Å². The molecule has 6 heteroatoms. The van der Waals surface area contributed by atoms with Crippen LogP contribution in [0.1, 0.15) is 20.8 Å². The summed E-state index contributed by atoms with van der Waals surface area (Å²) in [4.78, 5) is 0. The zero-order valence-corrected chi connectivity index (χ0v) is 15.5. The normalized spacial score (nSPS) is 15.4. The Balaban J connectivity index is 5.52. The lowest BCUT2D eigenvalue weighted by Crippen LogP contribution is -2.59. The molecule has 0 aliphatic carbocycles. The minimum Gasteiger partial charge on any atom is -0.265 e. The van der Waals surface area contributed by atoms with Gasteiger partial charge in [0.2, 0.25) is 0 Å². The van der Waals surface area contributed by atoms with Crippen molar-refractivity contribution in [2.45, 2.75) is 70.2 Å². The van der Waals surface area contributed by atoms with Crippen LogP contribution in [0.15, 0.2) is 0 Å². The number of rotatable bonds is 4. The first-order chi connectivity index (χ1) is 7.07. The molecule has 3 nitrogen and oxygen atoms in total. The van der Waals surface area contributed by atoms with Crippen molar-refractivity contribution >= 4 is 26.3 Å². The highest BCUT2D eigenvalue weighted by Gasteiger charge is 2.48. The maximum atomic E-state index is 12.5. The highest BCUT2D eigenvalue weighted by molar-refractivity contribution is 7.91. The second-order valence-corrected chi connectivity index (χ2v) is 21.5. The summed E-state index contributed by atoms with van der Waals surface area (Å²) >= 11 is 0. The van der Waals surface area contributed by atoms with Gasteiger partial charge in [0.05, 0.1) is 26.2 Å². The third-order valence-electron chi connectivity index (χ3n) is 2.23. The molecule has 0 saturated heterocycles. The highest BCUT2D eigenvalue weighted by atomic mass is 32.2. The van der Waals surface area contributed by atoms with E-state index in [4.69, 9.17) is 4.18 Å². The third-order valence-corrected chi connectivity index (χ3v) is 17.9. The molecule has 0 amide bonds. The van der Waals surface area contributed by atoms with Crippen molar-refractivity contribution in [3.8, 4) is 0 Å². The molecule has 0 rings (SSSR count). The summed E-state index contributed by atoms with van der Waals surface area (Å²) in [6.07, 6.45) is 0. The fourth-order valence-electron chi connectivity index (χ4n) is 2.56. The maximum Gasteiger partial charge on any atom is 0.265 e. The van der Waals surface area contributed by atoms with Crippen molar-refractivity contribution in [1.29, 1.82) is 0 Å². The van der Waals surface area contributed by atoms with Crippen molar-refractivity contribution in [3.05, 3.63) is 0 Å². The molecule has 0 atom stereocenters. The van der Waals surface area contributed by atoms with Gasteiger partial charge in [-0.2, -0.15) is 8.42 Å². The van der Waals surface area contributed by atoms with E-state index < -0.39 is 31.9 Å². The summed E-state index contributed by atoms with van der Waals surface area (Å²) in [5, 5.41) is 0.